The second-order valence-electron chi connectivity index (χ2n) is 5.09. The molecule has 1 N–H and O–H groups in total. The Bertz CT molecular complexity index is 531. The van der Waals surface area contributed by atoms with Crippen molar-refractivity contribution in [1.29, 1.82) is 0 Å². The number of para-hydroxylation sites is 1. The zero-order chi connectivity index (χ0) is 14.4. The van der Waals surface area contributed by atoms with Gasteiger partial charge in [-0.1, -0.05) is 18.2 Å². The predicted molar refractivity (Wildman–Crippen MR) is 83.4 cm³/mol. The van der Waals surface area contributed by atoms with E-state index in [2.05, 4.69) is 60.1 Å². The van der Waals surface area contributed by atoms with Gasteiger partial charge in [0, 0.05) is 37.3 Å². The molecule has 2 rings (SSSR count). The highest BCUT2D eigenvalue weighted by molar-refractivity contribution is 5.40. The first-order valence-corrected chi connectivity index (χ1v) is 7.17. The fraction of sp³-hybridized carbons (Fsp3) is 0.412. The largest absolute Gasteiger partial charge is 0.385 e. The number of aromatic nitrogens is 1. The molecule has 0 unspecified atom stereocenters. The number of nitrogens with one attached hydrogen (secondary N) is 1. The second-order valence-corrected chi connectivity index (χ2v) is 5.09. The van der Waals surface area contributed by atoms with Gasteiger partial charge in [-0.2, -0.15) is 0 Å². The van der Waals surface area contributed by atoms with Crippen LogP contribution in [0, 0.1) is 13.8 Å². The molecule has 0 aliphatic heterocycles. The highest BCUT2D eigenvalue weighted by Gasteiger charge is 2.09. The monoisotopic (exact) mass is 272 g/mol. The number of aryl methyl sites for hydroxylation is 1. The maximum absolute atomic E-state index is 5.05. The lowest BCUT2D eigenvalue weighted by molar-refractivity contribution is 0.194. The van der Waals surface area contributed by atoms with E-state index in [1.165, 1.54) is 22.6 Å². The van der Waals surface area contributed by atoms with Gasteiger partial charge in [0.1, 0.15) is 0 Å². The van der Waals surface area contributed by atoms with Crippen LogP contribution in [0.15, 0.2) is 36.4 Å². The first-order chi connectivity index (χ1) is 9.74. The summed E-state index contributed by atoms with van der Waals surface area (Å²) in [6, 6.07) is 12.8. The molecule has 0 aliphatic rings. The van der Waals surface area contributed by atoms with Crippen LogP contribution in [0.25, 0.3) is 5.69 Å². The van der Waals surface area contributed by atoms with Crippen molar-refractivity contribution in [3.63, 3.8) is 0 Å². The smallest absolute Gasteiger partial charge is 0.0474 e. The summed E-state index contributed by atoms with van der Waals surface area (Å²) in [6.07, 6.45) is 1.05. The lowest BCUT2D eigenvalue weighted by Gasteiger charge is -2.10. The molecule has 0 aliphatic carbocycles. The Labute approximate surface area is 121 Å². The van der Waals surface area contributed by atoms with Crippen LogP contribution in [-0.2, 0) is 11.3 Å². The minimum Gasteiger partial charge on any atom is -0.385 e. The van der Waals surface area contributed by atoms with E-state index < -0.39 is 0 Å². The Morgan fingerprint density at radius 3 is 2.60 bits per heavy atom. The molecule has 0 bridgehead atoms. The minimum atomic E-state index is 0.816. The van der Waals surface area contributed by atoms with Gasteiger partial charge in [-0.05, 0) is 50.6 Å². The van der Waals surface area contributed by atoms with Crippen LogP contribution in [0.4, 0.5) is 0 Å². The van der Waals surface area contributed by atoms with Gasteiger partial charge in [0.25, 0.3) is 0 Å². The number of ether oxygens (including phenoxy) is 1. The van der Waals surface area contributed by atoms with Crippen molar-refractivity contribution in [1.82, 2.24) is 9.88 Å². The Balaban J connectivity index is 2.06. The molecule has 0 radical (unpaired) electrons. The molecule has 0 amide bonds. The molecule has 0 spiro atoms. The van der Waals surface area contributed by atoms with Crippen molar-refractivity contribution >= 4 is 0 Å². The van der Waals surface area contributed by atoms with Gasteiger partial charge in [-0.25, -0.2) is 0 Å². The molecule has 1 aromatic heterocycles. The quantitative estimate of drug-likeness (QED) is 0.783. The van der Waals surface area contributed by atoms with Gasteiger partial charge in [0.05, 0.1) is 0 Å². The van der Waals surface area contributed by atoms with E-state index in [1.54, 1.807) is 7.11 Å². The predicted octanol–water partition coefficient (Wildman–Crippen LogP) is 3.22. The highest BCUT2D eigenvalue weighted by atomic mass is 16.5. The van der Waals surface area contributed by atoms with Crippen LogP contribution >= 0.6 is 0 Å². The van der Waals surface area contributed by atoms with Crippen LogP contribution in [0.5, 0.6) is 0 Å². The average Bonchev–Trinajstić information content (AvgIpc) is 2.74. The molecule has 20 heavy (non-hydrogen) atoms. The van der Waals surface area contributed by atoms with Gasteiger partial charge < -0.3 is 14.6 Å². The molecular weight excluding hydrogens is 248 g/mol. The molecule has 1 heterocycles. The van der Waals surface area contributed by atoms with E-state index >= 15 is 0 Å². The summed E-state index contributed by atoms with van der Waals surface area (Å²) in [7, 11) is 1.74. The number of methoxy groups -OCH3 is 1. The summed E-state index contributed by atoms with van der Waals surface area (Å²) in [4.78, 5) is 0. The third-order valence-electron chi connectivity index (χ3n) is 3.57. The van der Waals surface area contributed by atoms with Gasteiger partial charge in [-0.15, -0.1) is 0 Å². The average molecular weight is 272 g/mol. The SMILES string of the molecule is COCCCNCc1cc(C)n(-c2ccccc2)c1C. The zero-order valence-electron chi connectivity index (χ0n) is 12.6. The molecule has 0 fully saturated rings. The summed E-state index contributed by atoms with van der Waals surface area (Å²) in [6.45, 7) is 7.07. The fourth-order valence-corrected chi connectivity index (χ4v) is 2.55. The number of rotatable bonds is 7. The number of nitrogens with zero attached hydrogens (tertiary/aromatic N) is 1. The van der Waals surface area contributed by atoms with Crippen LogP contribution in [-0.4, -0.2) is 24.8 Å². The molecule has 108 valence electrons. The van der Waals surface area contributed by atoms with Crippen molar-refractivity contribution in [3.8, 4) is 5.69 Å². The summed E-state index contributed by atoms with van der Waals surface area (Å²) in [5, 5.41) is 3.48. The maximum Gasteiger partial charge on any atom is 0.0474 e. The lowest BCUT2D eigenvalue weighted by Crippen LogP contribution is -2.16. The summed E-state index contributed by atoms with van der Waals surface area (Å²) in [5.41, 5.74) is 5.19. The Kier molecular flexibility index (Phi) is 5.39. The Morgan fingerprint density at radius 2 is 1.90 bits per heavy atom. The zero-order valence-corrected chi connectivity index (χ0v) is 12.6. The summed E-state index contributed by atoms with van der Waals surface area (Å²) in [5.74, 6) is 0. The van der Waals surface area contributed by atoms with E-state index in [4.69, 9.17) is 4.74 Å². The normalized spacial score (nSPS) is 10.9. The molecule has 3 nitrogen and oxygen atoms in total. The van der Waals surface area contributed by atoms with Gasteiger partial charge in [0.2, 0.25) is 0 Å². The van der Waals surface area contributed by atoms with E-state index in [-0.39, 0.29) is 0 Å². The Morgan fingerprint density at radius 1 is 1.15 bits per heavy atom. The van der Waals surface area contributed by atoms with E-state index in [0.29, 0.717) is 0 Å². The first-order valence-electron chi connectivity index (χ1n) is 7.17. The van der Waals surface area contributed by atoms with Crippen LogP contribution in [0.3, 0.4) is 0 Å². The maximum atomic E-state index is 5.05. The van der Waals surface area contributed by atoms with Crippen LogP contribution in [0.1, 0.15) is 23.4 Å². The standard InChI is InChI=1S/C17H24N2O/c1-14-12-16(13-18-10-7-11-20-3)15(2)19(14)17-8-5-4-6-9-17/h4-6,8-9,12,18H,7,10-11,13H2,1-3H3. The molecule has 2 aromatic rings. The first kappa shape index (κ1) is 14.8. The van der Waals surface area contributed by atoms with Gasteiger partial charge in [0.15, 0.2) is 0 Å². The fourth-order valence-electron chi connectivity index (χ4n) is 2.55. The van der Waals surface area contributed by atoms with Crippen molar-refractivity contribution < 1.29 is 4.74 Å². The second kappa shape index (κ2) is 7.27. The minimum absolute atomic E-state index is 0.816. The molecule has 0 saturated carbocycles. The summed E-state index contributed by atoms with van der Waals surface area (Å²) < 4.78 is 7.37. The van der Waals surface area contributed by atoms with Crippen molar-refractivity contribution in [2.75, 3.05) is 20.3 Å². The number of hydrogen-bond acceptors (Lipinski definition) is 2. The highest BCUT2D eigenvalue weighted by Crippen LogP contribution is 2.20. The summed E-state index contributed by atoms with van der Waals surface area (Å²) >= 11 is 0. The third-order valence-corrected chi connectivity index (χ3v) is 3.57. The van der Waals surface area contributed by atoms with Gasteiger partial charge in [-0.3, -0.25) is 0 Å². The van der Waals surface area contributed by atoms with Crippen molar-refractivity contribution in [2.24, 2.45) is 0 Å². The Hall–Kier alpha value is -1.58. The lowest BCUT2D eigenvalue weighted by atomic mass is 10.2. The molecule has 1 aromatic carbocycles. The van der Waals surface area contributed by atoms with Crippen LogP contribution in [0.2, 0.25) is 0 Å². The third kappa shape index (κ3) is 3.50. The van der Waals surface area contributed by atoms with E-state index in [9.17, 15) is 0 Å². The number of hydrogen-bond donors (Lipinski definition) is 1. The molecular formula is C17H24N2O. The number of benzene rings is 1. The van der Waals surface area contributed by atoms with E-state index in [0.717, 1.165) is 26.1 Å². The van der Waals surface area contributed by atoms with Crippen molar-refractivity contribution in [3.05, 3.63) is 53.3 Å². The van der Waals surface area contributed by atoms with Crippen molar-refractivity contribution in [2.45, 2.75) is 26.8 Å². The molecule has 3 heteroatoms. The van der Waals surface area contributed by atoms with E-state index in [1.807, 2.05) is 0 Å². The molecule has 0 atom stereocenters. The van der Waals surface area contributed by atoms with Crippen LogP contribution < -0.4 is 5.32 Å². The topological polar surface area (TPSA) is 26.2 Å². The molecule has 0 saturated heterocycles. The van der Waals surface area contributed by atoms with Gasteiger partial charge >= 0.3 is 0 Å².